The molecule has 0 saturated carbocycles. The van der Waals surface area contributed by atoms with Crippen molar-refractivity contribution in [3.05, 3.63) is 35.4 Å². The monoisotopic (exact) mass is 248 g/mol. The molecule has 0 atom stereocenters. The van der Waals surface area contributed by atoms with E-state index in [9.17, 15) is 0 Å². The molecule has 1 aromatic carbocycles. The number of aliphatic hydroxyl groups is 1. The van der Waals surface area contributed by atoms with Crippen molar-refractivity contribution in [1.29, 1.82) is 0 Å². The molecule has 1 N–H and O–H groups in total. The topological polar surface area (TPSA) is 26.7 Å². The number of hydrogen-bond donors (Lipinski definition) is 1. The zero-order chi connectivity index (χ0) is 12.8. The number of rotatable bonds is 6. The van der Waals surface area contributed by atoms with Crippen LogP contribution < -0.4 is 0 Å². The Morgan fingerprint density at radius 1 is 1.11 bits per heavy atom. The Bertz CT molecular complexity index is 344. The van der Waals surface area contributed by atoms with E-state index < -0.39 is 0 Å². The lowest BCUT2D eigenvalue weighted by atomic mass is 10.1. The molecule has 0 aliphatic carbocycles. The maximum atomic E-state index is 9.00. The molecule has 0 aromatic heterocycles. The smallest absolute Gasteiger partial charge is 0.0681 e. The Labute approximate surface area is 110 Å². The number of benzene rings is 1. The van der Waals surface area contributed by atoms with Crippen LogP contribution in [-0.4, -0.2) is 48.1 Å². The molecule has 0 spiro atoms. The van der Waals surface area contributed by atoms with Crippen LogP contribution in [0.3, 0.4) is 0 Å². The molecule has 18 heavy (non-hydrogen) atoms. The second kappa shape index (κ2) is 6.88. The van der Waals surface area contributed by atoms with Gasteiger partial charge in [-0.1, -0.05) is 24.3 Å². The van der Waals surface area contributed by atoms with Crippen molar-refractivity contribution in [3.63, 3.8) is 0 Å². The van der Waals surface area contributed by atoms with Gasteiger partial charge in [0.25, 0.3) is 0 Å². The lowest BCUT2D eigenvalue weighted by molar-refractivity contribution is 0.252. The van der Waals surface area contributed by atoms with Gasteiger partial charge in [0.1, 0.15) is 0 Å². The largest absolute Gasteiger partial charge is 0.392 e. The van der Waals surface area contributed by atoms with Crippen LogP contribution in [0.1, 0.15) is 24.0 Å². The van der Waals surface area contributed by atoms with E-state index in [2.05, 4.69) is 29.0 Å². The summed E-state index contributed by atoms with van der Waals surface area (Å²) in [6.07, 6.45) is 2.73. The molecule has 3 heteroatoms. The number of hydrogen-bond acceptors (Lipinski definition) is 3. The van der Waals surface area contributed by atoms with Gasteiger partial charge in [-0.3, -0.25) is 0 Å². The van der Waals surface area contributed by atoms with E-state index in [0.717, 1.165) is 18.7 Å². The predicted molar refractivity (Wildman–Crippen MR) is 74.4 cm³/mol. The molecule has 1 aliphatic rings. The highest BCUT2D eigenvalue weighted by atomic mass is 16.3. The maximum absolute atomic E-state index is 9.00. The van der Waals surface area contributed by atoms with Crippen LogP contribution in [0.2, 0.25) is 0 Å². The van der Waals surface area contributed by atoms with Crippen molar-refractivity contribution in [2.45, 2.75) is 26.0 Å². The predicted octanol–water partition coefficient (Wildman–Crippen LogP) is 1.71. The molecular weight excluding hydrogens is 224 g/mol. The number of likely N-dealkylation sites (tertiary alicyclic amines) is 1. The quantitative estimate of drug-likeness (QED) is 0.830. The summed E-state index contributed by atoms with van der Waals surface area (Å²) in [5.74, 6) is 0. The molecule has 1 aliphatic heterocycles. The minimum atomic E-state index is 0.130. The Morgan fingerprint density at radius 3 is 2.33 bits per heavy atom. The fourth-order valence-electron chi connectivity index (χ4n) is 2.46. The molecule has 1 fully saturated rings. The molecule has 100 valence electrons. The molecular formula is C15H24N2O. The fraction of sp³-hybridized carbons (Fsp3) is 0.600. The summed E-state index contributed by atoms with van der Waals surface area (Å²) in [6, 6.07) is 8.23. The highest BCUT2D eigenvalue weighted by Crippen LogP contribution is 2.09. The highest BCUT2D eigenvalue weighted by molar-refractivity contribution is 5.21. The Balaban J connectivity index is 1.73. The number of nitrogens with zero attached hydrogens (tertiary/aromatic N) is 2. The van der Waals surface area contributed by atoms with Gasteiger partial charge in [0, 0.05) is 19.6 Å². The molecule has 1 aromatic rings. The molecule has 0 unspecified atom stereocenters. The highest BCUT2D eigenvalue weighted by Gasteiger charge is 2.11. The van der Waals surface area contributed by atoms with E-state index in [1.807, 2.05) is 12.1 Å². The minimum Gasteiger partial charge on any atom is -0.392 e. The van der Waals surface area contributed by atoms with E-state index in [1.54, 1.807) is 0 Å². The van der Waals surface area contributed by atoms with Gasteiger partial charge in [0.2, 0.25) is 0 Å². The van der Waals surface area contributed by atoms with Crippen LogP contribution in [0, 0.1) is 0 Å². The second-order valence-electron chi connectivity index (χ2n) is 5.26. The summed E-state index contributed by atoms with van der Waals surface area (Å²) < 4.78 is 0. The lowest BCUT2D eigenvalue weighted by Gasteiger charge is -2.21. The number of aliphatic hydroxyl groups excluding tert-OH is 1. The summed E-state index contributed by atoms with van der Waals surface area (Å²) in [5, 5.41) is 9.00. The van der Waals surface area contributed by atoms with Gasteiger partial charge in [-0.05, 0) is 44.1 Å². The maximum Gasteiger partial charge on any atom is 0.0681 e. The van der Waals surface area contributed by atoms with Gasteiger partial charge in [0.15, 0.2) is 0 Å². The zero-order valence-electron chi connectivity index (χ0n) is 11.3. The first-order valence-electron chi connectivity index (χ1n) is 6.87. The van der Waals surface area contributed by atoms with E-state index in [-0.39, 0.29) is 6.61 Å². The average Bonchev–Trinajstić information content (AvgIpc) is 2.90. The normalized spacial score (nSPS) is 16.6. The van der Waals surface area contributed by atoms with Crippen molar-refractivity contribution < 1.29 is 5.11 Å². The Kier molecular flexibility index (Phi) is 5.17. The third kappa shape index (κ3) is 4.09. The van der Waals surface area contributed by atoms with Crippen molar-refractivity contribution in [3.8, 4) is 0 Å². The van der Waals surface area contributed by atoms with Crippen molar-refractivity contribution in [2.75, 3.05) is 33.2 Å². The van der Waals surface area contributed by atoms with E-state index >= 15 is 0 Å². The minimum absolute atomic E-state index is 0.130. The van der Waals surface area contributed by atoms with Crippen LogP contribution in [0.5, 0.6) is 0 Å². The van der Waals surface area contributed by atoms with Crippen LogP contribution in [0.15, 0.2) is 24.3 Å². The van der Waals surface area contributed by atoms with Gasteiger partial charge in [0.05, 0.1) is 6.61 Å². The molecule has 1 heterocycles. The Morgan fingerprint density at radius 2 is 1.72 bits per heavy atom. The summed E-state index contributed by atoms with van der Waals surface area (Å²) in [7, 11) is 2.18. The summed E-state index contributed by atoms with van der Waals surface area (Å²) in [6.45, 7) is 5.98. The van der Waals surface area contributed by atoms with Crippen molar-refractivity contribution in [2.24, 2.45) is 0 Å². The molecule has 3 nitrogen and oxygen atoms in total. The molecule has 1 saturated heterocycles. The van der Waals surface area contributed by atoms with E-state index in [1.165, 1.54) is 38.0 Å². The first-order chi connectivity index (χ1) is 8.78. The van der Waals surface area contributed by atoms with Crippen LogP contribution in [-0.2, 0) is 13.2 Å². The summed E-state index contributed by atoms with van der Waals surface area (Å²) in [5.41, 5.74) is 2.30. The third-order valence-corrected chi connectivity index (χ3v) is 3.65. The van der Waals surface area contributed by atoms with E-state index in [0.29, 0.717) is 0 Å². The Hall–Kier alpha value is -0.900. The van der Waals surface area contributed by atoms with Crippen molar-refractivity contribution >= 4 is 0 Å². The van der Waals surface area contributed by atoms with Gasteiger partial charge in [-0.15, -0.1) is 0 Å². The van der Waals surface area contributed by atoms with Crippen LogP contribution >= 0.6 is 0 Å². The van der Waals surface area contributed by atoms with Crippen LogP contribution in [0.25, 0.3) is 0 Å². The van der Waals surface area contributed by atoms with Gasteiger partial charge < -0.3 is 14.9 Å². The molecule has 0 radical (unpaired) electrons. The molecule has 0 bridgehead atoms. The zero-order valence-corrected chi connectivity index (χ0v) is 11.3. The van der Waals surface area contributed by atoms with Gasteiger partial charge >= 0.3 is 0 Å². The summed E-state index contributed by atoms with van der Waals surface area (Å²) >= 11 is 0. The van der Waals surface area contributed by atoms with Gasteiger partial charge in [-0.25, -0.2) is 0 Å². The lowest BCUT2D eigenvalue weighted by Crippen LogP contribution is -2.31. The average molecular weight is 248 g/mol. The first kappa shape index (κ1) is 13.5. The molecule has 2 rings (SSSR count). The second-order valence-corrected chi connectivity index (χ2v) is 5.26. The fourth-order valence-corrected chi connectivity index (χ4v) is 2.46. The number of likely N-dealkylation sites (N-methyl/N-ethyl adjacent to an activating group) is 1. The molecule has 0 amide bonds. The third-order valence-electron chi connectivity index (χ3n) is 3.65. The van der Waals surface area contributed by atoms with Crippen LogP contribution in [0.4, 0.5) is 0 Å². The van der Waals surface area contributed by atoms with E-state index in [4.69, 9.17) is 5.11 Å². The first-order valence-corrected chi connectivity index (χ1v) is 6.87. The standard InChI is InChI=1S/C15H24N2O/c1-16(10-11-17-8-2-3-9-17)12-14-4-6-15(13-18)7-5-14/h4-7,18H,2-3,8-13H2,1H3. The summed E-state index contributed by atoms with van der Waals surface area (Å²) in [4.78, 5) is 4.91. The van der Waals surface area contributed by atoms with Gasteiger partial charge in [-0.2, -0.15) is 0 Å². The SMILES string of the molecule is CN(CCN1CCCC1)Cc1ccc(CO)cc1. The van der Waals surface area contributed by atoms with Crippen molar-refractivity contribution in [1.82, 2.24) is 9.80 Å².